The van der Waals surface area contributed by atoms with Crippen LogP contribution < -0.4 is 10.2 Å². The standard InChI is InChI=1S/C21H18N2O4/c24-17-11-10-16(19(25)12-17)13-22-23-21(26)18-8-4-5-9-20(18)27-14-15-6-2-1-3-7-15/h1-13,24-25H,14H2,(H,23,26)/b22-13+. The van der Waals surface area contributed by atoms with E-state index in [4.69, 9.17) is 4.74 Å². The molecular weight excluding hydrogens is 344 g/mol. The van der Waals surface area contributed by atoms with Gasteiger partial charge < -0.3 is 14.9 Å². The number of phenolic OH excluding ortho intramolecular Hbond substituents is 2. The maximum absolute atomic E-state index is 12.4. The summed E-state index contributed by atoms with van der Waals surface area (Å²) in [6.45, 7) is 0.343. The van der Waals surface area contributed by atoms with Crippen molar-refractivity contribution in [1.82, 2.24) is 5.43 Å². The SMILES string of the molecule is O=C(N/N=C/c1ccc(O)cc1O)c1ccccc1OCc1ccccc1. The minimum atomic E-state index is -0.437. The molecule has 0 saturated heterocycles. The predicted molar refractivity (Wildman–Crippen MR) is 102 cm³/mol. The van der Waals surface area contributed by atoms with Crippen LogP contribution in [0.3, 0.4) is 0 Å². The Labute approximate surface area is 156 Å². The van der Waals surface area contributed by atoms with E-state index >= 15 is 0 Å². The summed E-state index contributed by atoms with van der Waals surface area (Å²) in [5.74, 6) is -0.188. The van der Waals surface area contributed by atoms with Crippen molar-refractivity contribution >= 4 is 12.1 Å². The zero-order valence-electron chi connectivity index (χ0n) is 14.4. The Hall–Kier alpha value is -3.80. The number of hydrogen-bond acceptors (Lipinski definition) is 5. The zero-order valence-corrected chi connectivity index (χ0v) is 14.4. The fraction of sp³-hybridized carbons (Fsp3) is 0.0476. The van der Waals surface area contributed by atoms with E-state index in [0.29, 0.717) is 23.5 Å². The number of nitrogens with zero attached hydrogens (tertiary/aromatic N) is 1. The Morgan fingerprint density at radius 3 is 2.52 bits per heavy atom. The molecule has 3 N–H and O–H groups in total. The molecule has 0 bridgehead atoms. The van der Waals surface area contributed by atoms with Gasteiger partial charge in [-0.25, -0.2) is 5.43 Å². The van der Waals surface area contributed by atoms with Crippen LogP contribution in [0.1, 0.15) is 21.5 Å². The van der Waals surface area contributed by atoms with Crippen molar-refractivity contribution in [3.63, 3.8) is 0 Å². The largest absolute Gasteiger partial charge is 0.508 e. The highest BCUT2D eigenvalue weighted by atomic mass is 16.5. The molecule has 0 atom stereocenters. The lowest BCUT2D eigenvalue weighted by molar-refractivity contribution is 0.0950. The first-order valence-corrected chi connectivity index (χ1v) is 8.24. The quantitative estimate of drug-likeness (QED) is 0.463. The molecule has 0 aromatic heterocycles. The molecule has 6 nitrogen and oxygen atoms in total. The van der Waals surface area contributed by atoms with Crippen molar-refractivity contribution in [1.29, 1.82) is 0 Å². The van der Waals surface area contributed by atoms with Gasteiger partial charge in [0.25, 0.3) is 5.91 Å². The summed E-state index contributed by atoms with van der Waals surface area (Å²) in [6.07, 6.45) is 1.29. The maximum Gasteiger partial charge on any atom is 0.275 e. The summed E-state index contributed by atoms with van der Waals surface area (Å²) < 4.78 is 5.76. The lowest BCUT2D eigenvalue weighted by atomic mass is 10.2. The molecule has 0 unspecified atom stereocenters. The number of phenols is 2. The van der Waals surface area contributed by atoms with Gasteiger partial charge >= 0.3 is 0 Å². The molecule has 0 aliphatic carbocycles. The molecule has 136 valence electrons. The molecule has 0 spiro atoms. The zero-order chi connectivity index (χ0) is 19.1. The van der Waals surface area contributed by atoms with Crippen molar-refractivity contribution in [3.05, 3.63) is 89.5 Å². The van der Waals surface area contributed by atoms with Crippen LogP contribution in [0.5, 0.6) is 17.2 Å². The van der Waals surface area contributed by atoms with Crippen molar-refractivity contribution in [2.24, 2.45) is 5.10 Å². The molecule has 3 aromatic rings. The third-order valence-corrected chi connectivity index (χ3v) is 3.75. The van der Waals surface area contributed by atoms with E-state index < -0.39 is 5.91 Å². The van der Waals surface area contributed by atoms with Gasteiger partial charge in [0, 0.05) is 11.6 Å². The molecule has 1 amide bonds. The summed E-state index contributed by atoms with van der Waals surface area (Å²) in [7, 11) is 0. The molecule has 0 aliphatic heterocycles. The first kappa shape index (κ1) is 18.0. The third kappa shape index (κ3) is 4.85. The molecule has 0 fully saturated rings. The topological polar surface area (TPSA) is 91.2 Å². The summed E-state index contributed by atoms with van der Waals surface area (Å²) in [5, 5.41) is 22.8. The summed E-state index contributed by atoms with van der Waals surface area (Å²) in [5.41, 5.74) is 4.11. The van der Waals surface area contributed by atoms with Gasteiger partial charge in [-0.2, -0.15) is 5.10 Å². The lowest BCUT2D eigenvalue weighted by Crippen LogP contribution is -2.18. The molecule has 0 radical (unpaired) electrons. The first-order chi connectivity index (χ1) is 13.1. The number of hydrazone groups is 1. The number of aromatic hydroxyl groups is 2. The van der Waals surface area contributed by atoms with Crippen LogP contribution in [0.25, 0.3) is 0 Å². The van der Waals surface area contributed by atoms with Gasteiger partial charge in [0.2, 0.25) is 0 Å². The van der Waals surface area contributed by atoms with E-state index in [-0.39, 0.29) is 11.5 Å². The monoisotopic (exact) mass is 362 g/mol. The van der Waals surface area contributed by atoms with Gasteiger partial charge in [0.15, 0.2) is 0 Å². The highest BCUT2D eigenvalue weighted by Gasteiger charge is 2.11. The second-order valence-corrected chi connectivity index (χ2v) is 5.71. The number of carbonyl (C=O) groups is 1. The molecule has 6 heteroatoms. The van der Waals surface area contributed by atoms with E-state index in [0.717, 1.165) is 5.56 Å². The average Bonchev–Trinajstić information content (AvgIpc) is 2.69. The van der Waals surface area contributed by atoms with E-state index in [1.807, 2.05) is 30.3 Å². The summed E-state index contributed by atoms with van der Waals surface area (Å²) >= 11 is 0. The maximum atomic E-state index is 12.4. The molecule has 0 saturated carbocycles. The van der Waals surface area contributed by atoms with Gasteiger partial charge in [-0.1, -0.05) is 42.5 Å². The molecule has 3 rings (SSSR count). The smallest absolute Gasteiger partial charge is 0.275 e. The summed E-state index contributed by atoms with van der Waals surface area (Å²) in [6, 6.07) is 20.6. The van der Waals surface area contributed by atoms with Crippen LogP contribution in [0.2, 0.25) is 0 Å². The normalized spacial score (nSPS) is 10.7. The van der Waals surface area contributed by atoms with Crippen LogP contribution in [0.15, 0.2) is 77.9 Å². The number of amides is 1. The minimum absolute atomic E-state index is 0.0572. The number of para-hydroxylation sites is 1. The van der Waals surface area contributed by atoms with Crippen molar-refractivity contribution in [3.8, 4) is 17.2 Å². The summed E-state index contributed by atoms with van der Waals surface area (Å²) in [4.78, 5) is 12.4. The Morgan fingerprint density at radius 2 is 1.74 bits per heavy atom. The second-order valence-electron chi connectivity index (χ2n) is 5.71. The van der Waals surface area contributed by atoms with Crippen LogP contribution in [-0.2, 0) is 6.61 Å². The van der Waals surface area contributed by atoms with Crippen molar-refractivity contribution in [2.75, 3.05) is 0 Å². The first-order valence-electron chi connectivity index (χ1n) is 8.24. The fourth-order valence-electron chi connectivity index (χ4n) is 2.38. The Balaban J connectivity index is 1.67. The number of ether oxygens (including phenoxy) is 1. The van der Waals surface area contributed by atoms with Gasteiger partial charge in [-0.05, 0) is 29.8 Å². The minimum Gasteiger partial charge on any atom is -0.508 e. The Morgan fingerprint density at radius 1 is 1.00 bits per heavy atom. The van der Waals surface area contributed by atoms with Gasteiger partial charge in [-0.3, -0.25) is 4.79 Å². The molecule has 0 aliphatic rings. The van der Waals surface area contributed by atoms with E-state index in [2.05, 4.69) is 10.5 Å². The van der Waals surface area contributed by atoms with Crippen molar-refractivity contribution in [2.45, 2.75) is 6.61 Å². The van der Waals surface area contributed by atoms with Crippen LogP contribution in [0.4, 0.5) is 0 Å². The fourth-order valence-corrected chi connectivity index (χ4v) is 2.38. The third-order valence-electron chi connectivity index (χ3n) is 3.75. The molecule has 27 heavy (non-hydrogen) atoms. The van der Waals surface area contributed by atoms with Gasteiger partial charge in [0.05, 0.1) is 11.8 Å². The number of benzene rings is 3. The Bertz CT molecular complexity index is 955. The number of carbonyl (C=O) groups excluding carboxylic acids is 1. The van der Waals surface area contributed by atoms with Crippen LogP contribution in [0, 0.1) is 0 Å². The highest BCUT2D eigenvalue weighted by Crippen LogP contribution is 2.21. The average molecular weight is 362 g/mol. The molecule has 3 aromatic carbocycles. The van der Waals surface area contributed by atoms with Crippen LogP contribution >= 0.6 is 0 Å². The number of nitrogens with one attached hydrogen (secondary N) is 1. The predicted octanol–water partition coefficient (Wildman–Crippen LogP) is 3.44. The van der Waals surface area contributed by atoms with Crippen LogP contribution in [-0.4, -0.2) is 22.3 Å². The Kier molecular flexibility index (Phi) is 5.69. The molecular formula is C21H18N2O4. The number of hydrogen-bond donors (Lipinski definition) is 3. The second kappa shape index (κ2) is 8.53. The van der Waals surface area contributed by atoms with Gasteiger partial charge in [-0.15, -0.1) is 0 Å². The van der Waals surface area contributed by atoms with Crippen molar-refractivity contribution < 1.29 is 19.7 Å². The molecule has 0 heterocycles. The lowest BCUT2D eigenvalue weighted by Gasteiger charge is -2.10. The highest BCUT2D eigenvalue weighted by molar-refractivity contribution is 5.97. The van der Waals surface area contributed by atoms with E-state index in [9.17, 15) is 15.0 Å². The van der Waals surface area contributed by atoms with E-state index in [1.165, 1.54) is 24.4 Å². The van der Waals surface area contributed by atoms with Gasteiger partial charge in [0.1, 0.15) is 23.9 Å². The number of rotatable bonds is 6. The van der Waals surface area contributed by atoms with E-state index in [1.54, 1.807) is 24.3 Å².